The minimum atomic E-state index is -0.212. The summed E-state index contributed by atoms with van der Waals surface area (Å²) in [5, 5.41) is 5.47. The lowest BCUT2D eigenvalue weighted by Crippen LogP contribution is -2.36. The number of para-hydroxylation sites is 1. The Morgan fingerprint density at radius 1 is 1.16 bits per heavy atom. The molecule has 2 amide bonds. The van der Waals surface area contributed by atoms with Gasteiger partial charge in [-0.3, -0.25) is 9.59 Å². The van der Waals surface area contributed by atoms with Crippen LogP contribution in [-0.4, -0.2) is 32.0 Å². The standard InChI is InChI=1S/C14H20N2O3/c1-10(2)13(17)15-8-9-16-14(18)11-6-4-5-7-12(11)19-3/h4-7,10H,8-9H2,1-3H3,(H,15,17)(H,16,18). The summed E-state index contributed by atoms with van der Waals surface area (Å²) in [7, 11) is 1.52. The predicted octanol–water partition coefficient (Wildman–Crippen LogP) is 1.20. The number of ether oxygens (including phenoxy) is 1. The van der Waals surface area contributed by atoms with Gasteiger partial charge >= 0.3 is 0 Å². The fourth-order valence-corrected chi connectivity index (χ4v) is 1.49. The van der Waals surface area contributed by atoms with Gasteiger partial charge in [-0.2, -0.15) is 0 Å². The van der Waals surface area contributed by atoms with Crippen LogP contribution in [0.4, 0.5) is 0 Å². The van der Waals surface area contributed by atoms with Gasteiger partial charge in [0.2, 0.25) is 5.91 Å². The molecule has 0 aliphatic heterocycles. The fourth-order valence-electron chi connectivity index (χ4n) is 1.49. The van der Waals surface area contributed by atoms with Crippen LogP contribution >= 0.6 is 0 Å². The Balaban J connectivity index is 2.41. The lowest BCUT2D eigenvalue weighted by molar-refractivity contribution is -0.123. The van der Waals surface area contributed by atoms with Gasteiger partial charge in [-0.1, -0.05) is 26.0 Å². The summed E-state index contributed by atoms with van der Waals surface area (Å²) in [6.45, 7) is 4.44. The van der Waals surface area contributed by atoms with Crippen molar-refractivity contribution in [1.29, 1.82) is 0 Å². The first-order chi connectivity index (χ1) is 9.06. The van der Waals surface area contributed by atoms with Gasteiger partial charge in [-0.05, 0) is 12.1 Å². The van der Waals surface area contributed by atoms with Crippen molar-refractivity contribution in [1.82, 2.24) is 10.6 Å². The highest BCUT2D eigenvalue weighted by molar-refractivity contribution is 5.96. The quantitative estimate of drug-likeness (QED) is 0.759. The SMILES string of the molecule is COc1ccccc1C(=O)NCCNC(=O)C(C)C. The van der Waals surface area contributed by atoms with E-state index in [9.17, 15) is 9.59 Å². The maximum atomic E-state index is 11.9. The molecule has 1 aromatic carbocycles. The number of rotatable bonds is 6. The van der Waals surface area contributed by atoms with Crippen LogP contribution in [-0.2, 0) is 4.79 Å². The van der Waals surface area contributed by atoms with E-state index in [2.05, 4.69) is 10.6 Å². The van der Waals surface area contributed by atoms with Crippen LogP contribution in [0, 0.1) is 5.92 Å². The van der Waals surface area contributed by atoms with Gasteiger partial charge in [0.25, 0.3) is 5.91 Å². The summed E-state index contributed by atoms with van der Waals surface area (Å²) >= 11 is 0. The van der Waals surface area contributed by atoms with Gasteiger partial charge in [0.05, 0.1) is 12.7 Å². The molecule has 0 heterocycles. The summed E-state index contributed by atoms with van der Waals surface area (Å²) in [5.41, 5.74) is 0.486. The summed E-state index contributed by atoms with van der Waals surface area (Å²) in [5.74, 6) is 0.249. The monoisotopic (exact) mass is 264 g/mol. The van der Waals surface area contributed by atoms with Crippen molar-refractivity contribution in [2.75, 3.05) is 20.2 Å². The molecule has 0 aliphatic rings. The van der Waals surface area contributed by atoms with E-state index in [1.807, 2.05) is 13.8 Å². The number of methoxy groups -OCH3 is 1. The number of carbonyl (C=O) groups excluding carboxylic acids is 2. The molecule has 1 rings (SSSR count). The maximum absolute atomic E-state index is 11.9. The number of carbonyl (C=O) groups is 2. The van der Waals surface area contributed by atoms with Gasteiger partial charge in [0, 0.05) is 19.0 Å². The minimum absolute atomic E-state index is 0.0217. The molecule has 0 aromatic heterocycles. The highest BCUT2D eigenvalue weighted by atomic mass is 16.5. The molecule has 5 heteroatoms. The third kappa shape index (κ3) is 4.62. The van der Waals surface area contributed by atoms with E-state index in [4.69, 9.17) is 4.74 Å². The van der Waals surface area contributed by atoms with Crippen LogP contribution < -0.4 is 15.4 Å². The molecule has 0 radical (unpaired) electrons. The Bertz CT molecular complexity index is 444. The van der Waals surface area contributed by atoms with Crippen molar-refractivity contribution in [2.24, 2.45) is 5.92 Å². The molecule has 0 saturated carbocycles. The van der Waals surface area contributed by atoms with Crippen molar-refractivity contribution in [2.45, 2.75) is 13.8 Å². The smallest absolute Gasteiger partial charge is 0.255 e. The molecule has 19 heavy (non-hydrogen) atoms. The Kier molecular flexibility index (Phi) is 5.85. The molecule has 5 nitrogen and oxygen atoms in total. The molecule has 0 aliphatic carbocycles. The second-order valence-corrected chi connectivity index (χ2v) is 4.40. The van der Waals surface area contributed by atoms with Gasteiger partial charge in [0.15, 0.2) is 0 Å². The van der Waals surface area contributed by atoms with Gasteiger partial charge in [-0.15, -0.1) is 0 Å². The third-order valence-corrected chi connectivity index (χ3v) is 2.59. The van der Waals surface area contributed by atoms with Crippen LogP contribution in [0.1, 0.15) is 24.2 Å². The van der Waals surface area contributed by atoms with Gasteiger partial charge in [-0.25, -0.2) is 0 Å². The molecular weight excluding hydrogens is 244 g/mol. The normalized spacial score (nSPS) is 10.1. The third-order valence-electron chi connectivity index (χ3n) is 2.59. The van der Waals surface area contributed by atoms with E-state index in [1.54, 1.807) is 24.3 Å². The lowest BCUT2D eigenvalue weighted by Gasteiger charge is -2.10. The second-order valence-electron chi connectivity index (χ2n) is 4.40. The number of nitrogens with one attached hydrogen (secondary N) is 2. The van der Waals surface area contributed by atoms with Gasteiger partial charge < -0.3 is 15.4 Å². The van der Waals surface area contributed by atoms with E-state index < -0.39 is 0 Å². The highest BCUT2D eigenvalue weighted by Gasteiger charge is 2.11. The first kappa shape index (κ1) is 15.0. The molecule has 1 aromatic rings. The summed E-state index contributed by atoms with van der Waals surface area (Å²) in [6.07, 6.45) is 0. The Hall–Kier alpha value is -2.04. The number of hydrogen-bond donors (Lipinski definition) is 2. The largest absolute Gasteiger partial charge is 0.496 e. The average molecular weight is 264 g/mol. The topological polar surface area (TPSA) is 67.4 Å². The highest BCUT2D eigenvalue weighted by Crippen LogP contribution is 2.16. The van der Waals surface area contributed by atoms with E-state index in [1.165, 1.54) is 7.11 Å². The van der Waals surface area contributed by atoms with E-state index >= 15 is 0 Å². The van der Waals surface area contributed by atoms with Crippen LogP contribution in [0.3, 0.4) is 0 Å². The molecule has 0 bridgehead atoms. The van der Waals surface area contributed by atoms with E-state index in [-0.39, 0.29) is 17.7 Å². The Morgan fingerprint density at radius 2 is 1.79 bits per heavy atom. The number of hydrogen-bond acceptors (Lipinski definition) is 3. The number of benzene rings is 1. The average Bonchev–Trinajstić information content (AvgIpc) is 2.42. The molecule has 104 valence electrons. The van der Waals surface area contributed by atoms with Crippen LogP contribution in [0.5, 0.6) is 5.75 Å². The summed E-state index contributed by atoms with van der Waals surface area (Å²) < 4.78 is 5.11. The molecular formula is C14H20N2O3. The fraction of sp³-hybridized carbons (Fsp3) is 0.429. The summed E-state index contributed by atoms with van der Waals surface area (Å²) in [6, 6.07) is 7.01. The zero-order valence-corrected chi connectivity index (χ0v) is 11.5. The molecule has 0 spiro atoms. The zero-order chi connectivity index (χ0) is 14.3. The van der Waals surface area contributed by atoms with Gasteiger partial charge in [0.1, 0.15) is 5.75 Å². The summed E-state index contributed by atoms with van der Waals surface area (Å²) in [4.78, 5) is 23.2. The molecule has 2 N–H and O–H groups in total. The predicted molar refractivity (Wildman–Crippen MR) is 73.2 cm³/mol. The van der Waals surface area contributed by atoms with Crippen LogP contribution in [0.15, 0.2) is 24.3 Å². The van der Waals surface area contributed by atoms with E-state index in [0.717, 1.165) is 0 Å². The van der Waals surface area contributed by atoms with Crippen molar-refractivity contribution < 1.29 is 14.3 Å². The minimum Gasteiger partial charge on any atom is -0.496 e. The number of amides is 2. The molecule has 0 fully saturated rings. The van der Waals surface area contributed by atoms with Crippen molar-refractivity contribution >= 4 is 11.8 Å². The van der Waals surface area contributed by atoms with Crippen molar-refractivity contribution in [3.05, 3.63) is 29.8 Å². The van der Waals surface area contributed by atoms with E-state index in [0.29, 0.717) is 24.4 Å². The lowest BCUT2D eigenvalue weighted by atomic mass is 10.2. The first-order valence-corrected chi connectivity index (χ1v) is 6.25. The van der Waals surface area contributed by atoms with Crippen molar-refractivity contribution in [3.8, 4) is 5.75 Å². The first-order valence-electron chi connectivity index (χ1n) is 6.25. The second kappa shape index (κ2) is 7.41. The molecule has 0 atom stereocenters. The van der Waals surface area contributed by atoms with Crippen LogP contribution in [0.25, 0.3) is 0 Å². The molecule has 0 unspecified atom stereocenters. The Morgan fingerprint density at radius 3 is 2.42 bits per heavy atom. The zero-order valence-electron chi connectivity index (χ0n) is 11.5. The molecule has 0 saturated heterocycles. The maximum Gasteiger partial charge on any atom is 0.255 e. The van der Waals surface area contributed by atoms with Crippen LogP contribution in [0.2, 0.25) is 0 Å². The van der Waals surface area contributed by atoms with Crippen molar-refractivity contribution in [3.63, 3.8) is 0 Å². The Labute approximate surface area is 113 Å².